The molecule has 1 amide bonds. The fourth-order valence-electron chi connectivity index (χ4n) is 1.92. The lowest BCUT2D eigenvalue weighted by molar-refractivity contribution is 0.0953. The van der Waals surface area contributed by atoms with Gasteiger partial charge in [0.25, 0.3) is 5.91 Å². The van der Waals surface area contributed by atoms with E-state index in [-0.39, 0.29) is 5.91 Å². The number of hydrogen-bond acceptors (Lipinski definition) is 2. The lowest BCUT2D eigenvalue weighted by atomic mass is 10.1. The second-order valence-electron chi connectivity index (χ2n) is 4.63. The van der Waals surface area contributed by atoms with Crippen LogP contribution >= 0.6 is 24.2 Å². The van der Waals surface area contributed by atoms with Crippen LogP contribution in [0.4, 0.5) is 0 Å². The number of amides is 1. The summed E-state index contributed by atoms with van der Waals surface area (Å²) in [7, 11) is 0. The average molecular weight is 306 g/mol. The van der Waals surface area contributed by atoms with E-state index in [1.807, 2.05) is 43.3 Å². The lowest BCUT2D eigenvalue weighted by Gasteiger charge is -2.08. The SMILES string of the molecule is Cc1ccc(S)cc1C(=O)NCCc1ccc(Cl)cc1. The number of thiol groups is 1. The molecule has 0 aliphatic rings. The van der Waals surface area contributed by atoms with Crippen molar-refractivity contribution in [1.82, 2.24) is 5.32 Å². The number of rotatable bonds is 4. The van der Waals surface area contributed by atoms with E-state index < -0.39 is 0 Å². The molecule has 104 valence electrons. The van der Waals surface area contributed by atoms with Crippen LogP contribution in [0.2, 0.25) is 5.02 Å². The first-order valence-corrected chi connectivity index (χ1v) is 7.21. The van der Waals surface area contributed by atoms with Gasteiger partial charge in [0.2, 0.25) is 0 Å². The van der Waals surface area contributed by atoms with Crippen LogP contribution in [0.15, 0.2) is 47.4 Å². The zero-order valence-corrected chi connectivity index (χ0v) is 12.8. The molecule has 20 heavy (non-hydrogen) atoms. The van der Waals surface area contributed by atoms with Crippen LogP contribution in [0, 0.1) is 6.92 Å². The Hall–Kier alpha value is -1.45. The van der Waals surface area contributed by atoms with Crippen LogP contribution in [0.3, 0.4) is 0 Å². The zero-order chi connectivity index (χ0) is 14.5. The van der Waals surface area contributed by atoms with Crippen molar-refractivity contribution >= 4 is 30.1 Å². The zero-order valence-electron chi connectivity index (χ0n) is 11.2. The van der Waals surface area contributed by atoms with Crippen molar-refractivity contribution in [2.45, 2.75) is 18.2 Å². The highest BCUT2D eigenvalue weighted by atomic mass is 35.5. The Labute approximate surface area is 129 Å². The summed E-state index contributed by atoms with van der Waals surface area (Å²) in [5.74, 6) is -0.0626. The molecule has 2 aromatic rings. The molecule has 0 radical (unpaired) electrons. The molecule has 0 fully saturated rings. The topological polar surface area (TPSA) is 29.1 Å². The fraction of sp³-hybridized carbons (Fsp3) is 0.188. The standard InChI is InChI=1S/C16H16ClNOS/c1-11-2-7-14(20)10-15(11)16(19)18-9-8-12-3-5-13(17)6-4-12/h2-7,10,20H,8-9H2,1H3,(H,18,19). The van der Waals surface area contributed by atoms with Crippen molar-refractivity contribution in [3.05, 3.63) is 64.2 Å². The minimum Gasteiger partial charge on any atom is -0.352 e. The van der Waals surface area contributed by atoms with E-state index in [9.17, 15) is 4.79 Å². The molecule has 4 heteroatoms. The van der Waals surface area contributed by atoms with Crippen molar-refractivity contribution in [3.63, 3.8) is 0 Å². The van der Waals surface area contributed by atoms with Crippen molar-refractivity contribution in [2.24, 2.45) is 0 Å². The van der Waals surface area contributed by atoms with E-state index in [1.54, 1.807) is 6.07 Å². The van der Waals surface area contributed by atoms with Gasteiger partial charge < -0.3 is 5.32 Å². The van der Waals surface area contributed by atoms with Crippen LogP contribution in [-0.4, -0.2) is 12.5 Å². The highest BCUT2D eigenvalue weighted by Gasteiger charge is 2.08. The van der Waals surface area contributed by atoms with Gasteiger partial charge >= 0.3 is 0 Å². The highest BCUT2D eigenvalue weighted by molar-refractivity contribution is 7.80. The molecule has 0 atom stereocenters. The van der Waals surface area contributed by atoms with Crippen LogP contribution in [0.1, 0.15) is 21.5 Å². The summed E-state index contributed by atoms with van der Waals surface area (Å²) in [6, 6.07) is 13.2. The Morgan fingerprint density at radius 3 is 2.60 bits per heavy atom. The van der Waals surface area contributed by atoms with E-state index in [4.69, 9.17) is 11.6 Å². The maximum atomic E-state index is 12.1. The van der Waals surface area contributed by atoms with Gasteiger partial charge in [-0.3, -0.25) is 4.79 Å². The first-order valence-electron chi connectivity index (χ1n) is 6.38. The summed E-state index contributed by atoms with van der Waals surface area (Å²) in [4.78, 5) is 12.9. The van der Waals surface area contributed by atoms with E-state index in [0.29, 0.717) is 12.1 Å². The normalized spacial score (nSPS) is 10.3. The molecule has 1 N–H and O–H groups in total. The van der Waals surface area contributed by atoms with E-state index in [2.05, 4.69) is 17.9 Å². The van der Waals surface area contributed by atoms with E-state index >= 15 is 0 Å². The predicted molar refractivity (Wildman–Crippen MR) is 85.9 cm³/mol. The van der Waals surface area contributed by atoms with Crippen molar-refractivity contribution in [2.75, 3.05) is 6.54 Å². The van der Waals surface area contributed by atoms with E-state index in [1.165, 1.54) is 0 Å². The molecule has 2 aromatic carbocycles. The monoisotopic (exact) mass is 305 g/mol. The van der Waals surface area contributed by atoms with Crippen LogP contribution in [0.25, 0.3) is 0 Å². The number of halogens is 1. The summed E-state index contributed by atoms with van der Waals surface area (Å²) >= 11 is 10.1. The van der Waals surface area contributed by atoms with Crippen LogP contribution in [0.5, 0.6) is 0 Å². The van der Waals surface area contributed by atoms with E-state index in [0.717, 1.165) is 27.5 Å². The Balaban J connectivity index is 1.92. The second-order valence-corrected chi connectivity index (χ2v) is 5.58. The third-order valence-electron chi connectivity index (χ3n) is 3.08. The van der Waals surface area contributed by atoms with Gasteiger partial charge in [-0.15, -0.1) is 12.6 Å². The number of carbonyl (C=O) groups excluding carboxylic acids is 1. The molecule has 0 unspecified atom stereocenters. The van der Waals surface area contributed by atoms with Crippen LogP contribution in [-0.2, 0) is 6.42 Å². The Morgan fingerprint density at radius 2 is 1.90 bits per heavy atom. The number of hydrogen-bond donors (Lipinski definition) is 2. The molecule has 2 nitrogen and oxygen atoms in total. The Morgan fingerprint density at radius 1 is 1.20 bits per heavy atom. The molecule has 0 heterocycles. The fourth-order valence-corrected chi connectivity index (χ4v) is 2.25. The lowest BCUT2D eigenvalue weighted by Crippen LogP contribution is -2.26. The van der Waals surface area contributed by atoms with Gasteiger partial charge in [0.05, 0.1) is 0 Å². The molecule has 0 saturated heterocycles. The minimum atomic E-state index is -0.0626. The first-order chi connectivity index (χ1) is 9.56. The molecule has 0 bridgehead atoms. The van der Waals surface area contributed by atoms with Crippen LogP contribution < -0.4 is 5.32 Å². The second kappa shape index (κ2) is 6.82. The van der Waals surface area contributed by atoms with Gasteiger partial charge in [-0.05, 0) is 48.7 Å². The molecular formula is C16H16ClNOS. The van der Waals surface area contributed by atoms with Gasteiger partial charge in [-0.2, -0.15) is 0 Å². The van der Waals surface area contributed by atoms with Crippen molar-refractivity contribution < 1.29 is 4.79 Å². The number of nitrogens with one attached hydrogen (secondary N) is 1. The minimum absolute atomic E-state index is 0.0626. The smallest absolute Gasteiger partial charge is 0.251 e. The Bertz CT molecular complexity index is 610. The summed E-state index contributed by atoms with van der Waals surface area (Å²) in [6.45, 7) is 2.51. The number of benzene rings is 2. The predicted octanol–water partition coefficient (Wildman–Crippen LogP) is 3.91. The quantitative estimate of drug-likeness (QED) is 0.824. The molecular weight excluding hydrogens is 290 g/mol. The summed E-state index contributed by atoms with van der Waals surface area (Å²) < 4.78 is 0. The maximum Gasteiger partial charge on any atom is 0.251 e. The largest absolute Gasteiger partial charge is 0.352 e. The van der Waals surface area contributed by atoms with Gasteiger partial charge in [-0.25, -0.2) is 0 Å². The van der Waals surface area contributed by atoms with Gasteiger partial charge in [0, 0.05) is 22.0 Å². The molecule has 0 aromatic heterocycles. The summed E-state index contributed by atoms with van der Waals surface area (Å²) in [5.41, 5.74) is 2.77. The summed E-state index contributed by atoms with van der Waals surface area (Å²) in [6.07, 6.45) is 0.780. The number of carbonyl (C=O) groups is 1. The van der Waals surface area contributed by atoms with Crippen molar-refractivity contribution in [1.29, 1.82) is 0 Å². The third kappa shape index (κ3) is 4.02. The molecule has 0 spiro atoms. The highest BCUT2D eigenvalue weighted by Crippen LogP contribution is 2.14. The first kappa shape index (κ1) is 14.9. The molecule has 0 aliphatic carbocycles. The Kier molecular flexibility index (Phi) is 5.10. The van der Waals surface area contributed by atoms with Gasteiger partial charge in [-0.1, -0.05) is 29.8 Å². The van der Waals surface area contributed by atoms with Gasteiger partial charge in [0.1, 0.15) is 0 Å². The molecule has 0 saturated carbocycles. The molecule has 2 rings (SSSR count). The van der Waals surface area contributed by atoms with Crippen molar-refractivity contribution in [3.8, 4) is 0 Å². The maximum absolute atomic E-state index is 12.1. The van der Waals surface area contributed by atoms with Gasteiger partial charge in [0.15, 0.2) is 0 Å². The summed E-state index contributed by atoms with van der Waals surface area (Å²) in [5, 5.41) is 3.65. The third-order valence-corrected chi connectivity index (χ3v) is 3.61. The molecule has 0 aliphatic heterocycles. The average Bonchev–Trinajstić information content (AvgIpc) is 2.43. The number of aryl methyl sites for hydroxylation is 1.